The molecule has 1 aromatic rings. The molecule has 0 radical (unpaired) electrons. The van der Waals surface area contributed by atoms with Gasteiger partial charge in [-0.1, -0.05) is 29.8 Å². The molecule has 0 amide bonds. The number of allylic oxidation sites excluding steroid dienone is 2. The lowest BCUT2D eigenvalue weighted by Crippen LogP contribution is -2.26. The van der Waals surface area contributed by atoms with Gasteiger partial charge < -0.3 is 4.74 Å². The first-order chi connectivity index (χ1) is 11.5. The van der Waals surface area contributed by atoms with Crippen LogP contribution in [0.25, 0.3) is 0 Å². The zero-order chi connectivity index (χ0) is 17.4. The van der Waals surface area contributed by atoms with Crippen molar-refractivity contribution in [1.29, 1.82) is 0 Å². The van der Waals surface area contributed by atoms with E-state index in [9.17, 15) is 13.2 Å². The summed E-state index contributed by atoms with van der Waals surface area (Å²) in [5.74, 6) is 1.03. The summed E-state index contributed by atoms with van der Waals surface area (Å²) in [7, 11) is 0. The first-order valence-electron chi connectivity index (χ1n) is 8.84. The number of hydrogen-bond acceptors (Lipinski definition) is 1. The van der Waals surface area contributed by atoms with Gasteiger partial charge in [-0.05, 0) is 69.4 Å². The molecular formula is C20H27F3O. The quantitative estimate of drug-likeness (QED) is 0.493. The molecule has 0 saturated heterocycles. The zero-order valence-corrected chi connectivity index (χ0v) is 14.3. The second-order valence-corrected chi connectivity index (χ2v) is 6.78. The van der Waals surface area contributed by atoms with Gasteiger partial charge in [-0.2, -0.15) is 8.78 Å². The molecule has 0 N–H and O–H groups in total. The van der Waals surface area contributed by atoms with E-state index in [4.69, 9.17) is 4.74 Å². The predicted octanol–water partition coefficient (Wildman–Crippen LogP) is 6.47. The Morgan fingerprint density at radius 3 is 2.42 bits per heavy atom. The monoisotopic (exact) mass is 340 g/mol. The van der Waals surface area contributed by atoms with Crippen molar-refractivity contribution in [3.8, 4) is 5.75 Å². The minimum absolute atomic E-state index is 0.215. The van der Waals surface area contributed by atoms with Crippen molar-refractivity contribution in [1.82, 2.24) is 0 Å². The molecule has 134 valence electrons. The van der Waals surface area contributed by atoms with Gasteiger partial charge in [-0.25, -0.2) is 0 Å². The lowest BCUT2D eigenvalue weighted by atomic mass is 9.80. The van der Waals surface area contributed by atoms with Crippen molar-refractivity contribution in [3.63, 3.8) is 0 Å². The Morgan fingerprint density at radius 1 is 1.12 bits per heavy atom. The molecule has 1 saturated carbocycles. The van der Waals surface area contributed by atoms with Crippen molar-refractivity contribution >= 4 is 0 Å². The van der Waals surface area contributed by atoms with E-state index in [1.807, 2.05) is 13.0 Å². The Morgan fingerprint density at radius 2 is 1.79 bits per heavy atom. The van der Waals surface area contributed by atoms with Crippen molar-refractivity contribution in [2.24, 2.45) is 11.8 Å². The molecule has 0 aromatic heterocycles. The van der Waals surface area contributed by atoms with Crippen LogP contribution < -0.4 is 4.74 Å². The average molecular weight is 340 g/mol. The van der Waals surface area contributed by atoms with Crippen LogP contribution in [0.4, 0.5) is 13.2 Å². The maximum absolute atomic E-state index is 14.0. The summed E-state index contributed by atoms with van der Waals surface area (Å²) in [5, 5.41) is 0. The topological polar surface area (TPSA) is 9.23 Å². The Labute approximate surface area is 142 Å². The highest BCUT2D eigenvalue weighted by Gasteiger charge is 2.33. The smallest absolute Gasteiger partial charge is 0.397 e. The molecule has 0 bridgehead atoms. The van der Waals surface area contributed by atoms with Crippen molar-refractivity contribution < 1.29 is 17.9 Å². The van der Waals surface area contributed by atoms with Crippen molar-refractivity contribution in [3.05, 3.63) is 42.0 Å². The third kappa shape index (κ3) is 6.58. The second-order valence-electron chi connectivity index (χ2n) is 6.78. The SMILES string of the molecule is Cc1ccc(OC(F)(F)CCC2CCC(/C=C/CCF)CC2)cc1. The maximum Gasteiger partial charge on any atom is 0.397 e. The fraction of sp³-hybridized carbons (Fsp3) is 0.600. The van der Waals surface area contributed by atoms with Gasteiger partial charge in [-0.3, -0.25) is 4.39 Å². The number of aryl methyl sites for hydroxylation is 1. The Kier molecular flexibility index (Phi) is 7.19. The minimum Gasteiger partial charge on any atom is -0.433 e. The molecule has 4 heteroatoms. The Balaban J connectivity index is 1.71. The highest BCUT2D eigenvalue weighted by molar-refractivity contribution is 5.26. The standard InChI is InChI=1S/C20H27F3O/c1-16-5-11-19(12-6-16)24-20(22,23)14-13-18-9-7-17(8-10-18)4-2-3-15-21/h2,4-6,11-12,17-18H,3,7-10,13-15H2,1H3/b4-2+. The number of hydrogen-bond donors (Lipinski definition) is 0. The van der Waals surface area contributed by atoms with Gasteiger partial charge in [-0.15, -0.1) is 0 Å². The molecule has 1 aromatic carbocycles. The van der Waals surface area contributed by atoms with E-state index in [0.717, 1.165) is 31.2 Å². The zero-order valence-electron chi connectivity index (χ0n) is 14.3. The fourth-order valence-electron chi connectivity index (χ4n) is 3.22. The van der Waals surface area contributed by atoms with E-state index in [1.54, 1.807) is 24.3 Å². The molecule has 24 heavy (non-hydrogen) atoms. The van der Waals surface area contributed by atoms with Gasteiger partial charge in [0.05, 0.1) is 13.1 Å². The van der Waals surface area contributed by atoms with Gasteiger partial charge >= 0.3 is 6.11 Å². The fourth-order valence-corrected chi connectivity index (χ4v) is 3.22. The lowest BCUT2D eigenvalue weighted by molar-refractivity contribution is -0.183. The number of alkyl halides is 3. The highest BCUT2D eigenvalue weighted by atomic mass is 19.3. The van der Waals surface area contributed by atoms with Crippen LogP contribution in [0.15, 0.2) is 36.4 Å². The molecule has 1 aliphatic carbocycles. The van der Waals surface area contributed by atoms with Crippen LogP contribution in [0.2, 0.25) is 0 Å². The number of halogens is 3. The van der Waals surface area contributed by atoms with E-state index >= 15 is 0 Å². The summed E-state index contributed by atoms with van der Waals surface area (Å²) in [4.78, 5) is 0. The summed E-state index contributed by atoms with van der Waals surface area (Å²) in [6.45, 7) is 1.59. The third-order valence-corrected chi connectivity index (χ3v) is 4.71. The lowest BCUT2D eigenvalue weighted by Gasteiger charge is -2.28. The van der Waals surface area contributed by atoms with Crippen molar-refractivity contribution in [2.45, 2.75) is 58.0 Å². The summed E-state index contributed by atoms with van der Waals surface area (Å²) in [6, 6.07) is 6.70. The van der Waals surface area contributed by atoms with Crippen LogP contribution >= 0.6 is 0 Å². The molecule has 0 spiro atoms. The maximum atomic E-state index is 14.0. The Bertz CT molecular complexity index is 502. The predicted molar refractivity (Wildman–Crippen MR) is 91.2 cm³/mol. The molecule has 1 nitrogen and oxygen atoms in total. The first-order valence-corrected chi connectivity index (χ1v) is 8.84. The van der Waals surface area contributed by atoms with Gasteiger partial charge in [0.15, 0.2) is 0 Å². The number of ether oxygens (including phenoxy) is 1. The molecule has 1 fully saturated rings. The number of rotatable bonds is 8. The molecule has 0 aliphatic heterocycles. The van der Waals surface area contributed by atoms with Crippen LogP contribution in [0.3, 0.4) is 0 Å². The molecular weight excluding hydrogens is 313 g/mol. The Hall–Kier alpha value is -1.45. The van der Waals surface area contributed by atoms with Crippen molar-refractivity contribution in [2.75, 3.05) is 6.67 Å². The van der Waals surface area contributed by atoms with Crippen LogP contribution in [0.5, 0.6) is 5.75 Å². The van der Waals surface area contributed by atoms with Gasteiger partial charge in [0.1, 0.15) is 5.75 Å². The second kappa shape index (κ2) is 9.14. The van der Waals surface area contributed by atoms with Crippen LogP contribution in [-0.4, -0.2) is 12.8 Å². The van der Waals surface area contributed by atoms with E-state index in [2.05, 4.69) is 6.08 Å². The van der Waals surface area contributed by atoms with Crippen LogP contribution in [-0.2, 0) is 0 Å². The van der Waals surface area contributed by atoms with E-state index in [0.29, 0.717) is 24.7 Å². The van der Waals surface area contributed by atoms with Crippen LogP contribution in [0.1, 0.15) is 50.5 Å². The van der Waals surface area contributed by atoms with Crippen LogP contribution in [0, 0.1) is 18.8 Å². The normalized spacial score (nSPS) is 22.0. The first kappa shape index (κ1) is 18.9. The van der Waals surface area contributed by atoms with Gasteiger partial charge in [0.2, 0.25) is 0 Å². The average Bonchev–Trinajstić information content (AvgIpc) is 2.56. The third-order valence-electron chi connectivity index (χ3n) is 4.71. The summed E-state index contributed by atoms with van der Waals surface area (Å²) in [6.07, 6.45) is 5.54. The van der Waals surface area contributed by atoms with E-state index < -0.39 is 6.11 Å². The van der Waals surface area contributed by atoms with E-state index in [1.165, 1.54) is 0 Å². The molecule has 0 atom stereocenters. The summed E-state index contributed by atoms with van der Waals surface area (Å²) < 4.78 is 44.9. The van der Waals surface area contributed by atoms with E-state index in [-0.39, 0.29) is 18.8 Å². The molecule has 1 aliphatic rings. The van der Waals surface area contributed by atoms with Gasteiger partial charge in [0.25, 0.3) is 0 Å². The highest BCUT2D eigenvalue weighted by Crippen LogP contribution is 2.35. The number of benzene rings is 1. The molecule has 0 heterocycles. The molecule has 0 unspecified atom stereocenters. The summed E-state index contributed by atoms with van der Waals surface area (Å²) >= 11 is 0. The van der Waals surface area contributed by atoms with Gasteiger partial charge in [0, 0.05) is 0 Å². The molecule has 2 rings (SSSR count). The minimum atomic E-state index is -3.12. The largest absolute Gasteiger partial charge is 0.433 e. The summed E-state index contributed by atoms with van der Waals surface area (Å²) in [5.41, 5.74) is 1.02.